The molecular formula is C26H32O4. The zero-order valence-corrected chi connectivity index (χ0v) is 18.4. The Morgan fingerprint density at radius 3 is 2.47 bits per heavy atom. The lowest BCUT2D eigenvalue weighted by Crippen LogP contribution is -2.32. The summed E-state index contributed by atoms with van der Waals surface area (Å²) in [5.41, 5.74) is 2.24. The molecule has 160 valence electrons. The molecule has 2 aromatic carbocycles. The summed E-state index contributed by atoms with van der Waals surface area (Å²) >= 11 is 0. The largest absolute Gasteiger partial charge is 0.462 e. The van der Waals surface area contributed by atoms with Crippen molar-refractivity contribution in [1.82, 2.24) is 0 Å². The van der Waals surface area contributed by atoms with Crippen LogP contribution in [0.15, 0.2) is 36.4 Å². The van der Waals surface area contributed by atoms with Crippen LogP contribution in [0.3, 0.4) is 0 Å². The number of hydrogen-bond donors (Lipinski definition) is 0. The molecule has 2 bridgehead atoms. The summed E-state index contributed by atoms with van der Waals surface area (Å²) in [6.45, 7) is 7.93. The Morgan fingerprint density at radius 1 is 1.00 bits per heavy atom. The Balaban J connectivity index is 1.36. The monoisotopic (exact) mass is 408 g/mol. The first-order valence-corrected chi connectivity index (χ1v) is 11.3. The lowest BCUT2D eigenvalue weighted by atomic mass is 9.87. The molecule has 2 aliphatic carbocycles. The number of rotatable bonds is 6. The lowest BCUT2D eigenvalue weighted by molar-refractivity contribution is -0.160. The van der Waals surface area contributed by atoms with Crippen molar-refractivity contribution in [2.45, 2.75) is 65.6 Å². The van der Waals surface area contributed by atoms with E-state index in [-0.39, 0.29) is 41.9 Å². The molecule has 0 N–H and O–H groups in total. The summed E-state index contributed by atoms with van der Waals surface area (Å²) in [6, 6.07) is 12.6. The average molecular weight is 409 g/mol. The third-order valence-electron chi connectivity index (χ3n) is 7.16. The molecule has 0 radical (unpaired) electrons. The van der Waals surface area contributed by atoms with Gasteiger partial charge in [0, 0.05) is 0 Å². The van der Waals surface area contributed by atoms with Crippen LogP contribution in [0.5, 0.6) is 0 Å². The van der Waals surface area contributed by atoms with E-state index in [0.29, 0.717) is 5.92 Å². The highest BCUT2D eigenvalue weighted by atomic mass is 16.5. The van der Waals surface area contributed by atoms with Gasteiger partial charge in [-0.05, 0) is 73.8 Å². The van der Waals surface area contributed by atoms with E-state index in [1.807, 2.05) is 26.8 Å². The second-order valence-corrected chi connectivity index (χ2v) is 9.31. The standard InChI is InChI=1S/C26H32O4/c1-5-16(3)25(27)30-24-14-21-12-22(24)13-23(21)26(28)29-17(4)19-9-8-18-7-6-15(2)10-20(18)11-19/h6-11,16-17,21-24H,5,12-14H2,1-4H3. The number of hydrogen-bond acceptors (Lipinski definition) is 4. The summed E-state index contributed by atoms with van der Waals surface area (Å²) in [7, 11) is 0. The fourth-order valence-corrected chi connectivity index (χ4v) is 5.06. The van der Waals surface area contributed by atoms with E-state index in [4.69, 9.17) is 9.47 Å². The van der Waals surface area contributed by atoms with E-state index in [0.717, 1.165) is 31.2 Å². The molecule has 0 spiro atoms. The van der Waals surface area contributed by atoms with Crippen LogP contribution in [-0.4, -0.2) is 18.0 Å². The molecule has 4 nitrogen and oxygen atoms in total. The van der Waals surface area contributed by atoms with E-state index in [2.05, 4.69) is 37.3 Å². The highest BCUT2D eigenvalue weighted by molar-refractivity contribution is 5.84. The van der Waals surface area contributed by atoms with Gasteiger partial charge < -0.3 is 9.47 Å². The maximum Gasteiger partial charge on any atom is 0.309 e. The van der Waals surface area contributed by atoms with Crippen LogP contribution in [0.25, 0.3) is 10.8 Å². The second-order valence-electron chi connectivity index (χ2n) is 9.31. The molecule has 6 unspecified atom stereocenters. The zero-order chi connectivity index (χ0) is 21.4. The van der Waals surface area contributed by atoms with E-state index >= 15 is 0 Å². The highest BCUT2D eigenvalue weighted by Crippen LogP contribution is 2.50. The van der Waals surface area contributed by atoms with Crippen molar-refractivity contribution < 1.29 is 19.1 Å². The quantitative estimate of drug-likeness (QED) is 0.571. The maximum absolute atomic E-state index is 12.9. The van der Waals surface area contributed by atoms with Gasteiger partial charge >= 0.3 is 11.9 Å². The first-order valence-electron chi connectivity index (χ1n) is 11.3. The summed E-state index contributed by atoms with van der Waals surface area (Å²) in [6.07, 6.45) is 3.01. The van der Waals surface area contributed by atoms with Crippen molar-refractivity contribution >= 4 is 22.7 Å². The molecule has 30 heavy (non-hydrogen) atoms. The van der Waals surface area contributed by atoms with Gasteiger partial charge in [0.2, 0.25) is 0 Å². The third kappa shape index (κ3) is 4.10. The van der Waals surface area contributed by atoms with Crippen LogP contribution in [-0.2, 0) is 19.1 Å². The number of carbonyl (C=O) groups excluding carboxylic acids is 2. The van der Waals surface area contributed by atoms with Crippen LogP contribution in [0.1, 0.15) is 63.7 Å². The number of esters is 2. The normalized spacial score (nSPS) is 27.1. The fraction of sp³-hybridized carbons (Fsp3) is 0.538. The number of benzene rings is 2. The van der Waals surface area contributed by atoms with Crippen LogP contribution < -0.4 is 0 Å². The summed E-state index contributed by atoms with van der Waals surface area (Å²) in [4.78, 5) is 25.0. The van der Waals surface area contributed by atoms with E-state index in [1.165, 1.54) is 16.3 Å². The minimum absolute atomic E-state index is 0.0262. The molecule has 2 aromatic rings. The van der Waals surface area contributed by atoms with Crippen molar-refractivity contribution in [3.05, 3.63) is 47.5 Å². The first-order chi connectivity index (χ1) is 14.4. The smallest absolute Gasteiger partial charge is 0.309 e. The van der Waals surface area contributed by atoms with Crippen molar-refractivity contribution in [2.24, 2.45) is 23.7 Å². The van der Waals surface area contributed by atoms with E-state index < -0.39 is 0 Å². The maximum atomic E-state index is 12.9. The minimum Gasteiger partial charge on any atom is -0.462 e. The van der Waals surface area contributed by atoms with Gasteiger partial charge in [-0.15, -0.1) is 0 Å². The molecule has 0 aliphatic heterocycles. The number of carbonyl (C=O) groups is 2. The predicted molar refractivity (Wildman–Crippen MR) is 117 cm³/mol. The van der Waals surface area contributed by atoms with Gasteiger partial charge in [-0.3, -0.25) is 9.59 Å². The van der Waals surface area contributed by atoms with Gasteiger partial charge in [-0.25, -0.2) is 0 Å². The van der Waals surface area contributed by atoms with Gasteiger partial charge in [0.05, 0.1) is 11.8 Å². The summed E-state index contributed by atoms with van der Waals surface area (Å²) < 4.78 is 11.6. The van der Waals surface area contributed by atoms with Crippen LogP contribution in [0.4, 0.5) is 0 Å². The predicted octanol–water partition coefficient (Wildman–Crippen LogP) is 5.76. The van der Waals surface area contributed by atoms with Crippen molar-refractivity contribution in [1.29, 1.82) is 0 Å². The zero-order valence-electron chi connectivity index (χ0n) is 18.4. The molecule has 2 saturated carbocycles. The van der Waals surface area contributed by atoms with Gasteiger partial charge in [0.25, 0.3) is 0 Å². The SMILES string of the molecule is CCC(C)C(=O)OC1CC2CC1CC2C(=O)OC(C)c1ccc2ccc(C)cc2c1. The third-order valence-corrected chi connectivity index (χ3v) is 7.16. The first kappa shape index (κ1) is 20.9. The van der Waals surface area contributed by atoms with Gasteiger partial charge in [-0.2, -0.15) is 0 Å². The van der Waals surface area contributed by atoms with Gasteiger partial charge in [0.1, 0.15) is 12.2 Å². The Hall–Kier alpha value is -2.36. The molecule has 2 aliphatic rings. The summed E-state index contributed by atoms with van der Waals surface area (Å²) in [5, 5.41) is 2.36. The Kier molecular flexibility index (Phi) is 5.86. The van der Waals surface area contributed by atoms with Gasteiger partial charge in [0.15, 0.2) is 0 Å². The van der Waals surface area contributed by atoms with Crippen molar-refractivity contribution in [2.75, 3.05) is 0 Å². The van der Waals surface area contributed by atoms with Crippen molar-refractivity contribution in [3.63, 3.8) is 0 Å². The Labute approximate surface area is 178 Å². The number of fused-ring (bicyclic) bond motifs is 3. The fourth-order valence-electron chi connectivity index (χ4n) is 5.06. The van der Waals surface area contributed by atoms with Gasteiger partial charge in [-0.1, -0.05) is 49.7 Å². The van der Waals surface area contributed by atoms with Crippen LogP contribution in [0, 0.1) is 30.6 Å². The lowest BCUT2D eigenvalue weighted by Gasteiger charge is -2.28. The molecule has 2 fully saturated rings. The van der Waals surface area contributed by atoms with Crippen LogP contribution >= 0.6 is 0 Å². The molecule has 6 atom stereocenters. The molecule has 4 heteroatoms. The Bertz CT molecular complexity index is 949. The number of aryl methyl sites for hydroxylation is 1. The minimum atomic E-state index is -0.277. The number of ether oxygens (including phenoxy) is 2. The Morgan fingerprint density at radius 2 is 1.77 bits per heavy atom. The summed E-state index contributed by atoms with van der Waals surface area (Å²) in [5.74, 6) is 0.221. The van der Waals surface area contributed by atoms with Crippen molar-refractivity contribution in [3.8, 4) is 0 Å². The average Bonchev–Trinajstić information content (AvgIpc) is 3.32. The molecule has 0 saturated heterocycles. The topological polar surface area (TPSA) is 52.6 Å². The van der Waals surface area contributed by atoms with E-state index in [1.54, 1.807) is 0 Å². The molecule has 0 heterocycles. The highest BCUT2D eigenvalue weighted by Gasteiger charge is 2.51. The molecule has 0 aromatic heterocycles. The molecule has 0 amide bonds. The van der Waals surface area contributed by atoms with Crippen LogP contribution in [0.2, 0.25) is 0 Å². The molecule has 4 rings (SSSR count). The molecular weight excluding hydrogens is 376 g/mol. The van der Waals surface area contributed by atoms with E-state index in [9.17, 15) is 9.59 Å². The second kappa shape index (κ2) is 8.41.